The third kappa shape index (κ3) is 3.12. The van der Waals surface area contributed by atoms with Crippen molar-refractivity contribution in [2.45, 2.75) is 19.4 Å². The number of nitrogen functional groups attached to an aromatic ring is 1. The second kappa shape index (κ2) is 4.16. The highest BCUT2D eigenvalue weighted by molar-refractivity contribution is 5.54. The van der Waals surface area contributed by atoms with Gasteiger partial charge in [0.05, 0.1) is 6.54 Å². The van der Waals surface area contributed by atoms with Gasteiger partial charge in [0, 0.05) is 30.1 Å². The molecule has 0 aliphatic carbocycles. The smallest absolute Gasteiger partial charge is 0.233 e. The molecule has 15 heavy (non-hydrogen) atoms. The minimum atomic E-state index is -0.982. The molecule has 0 aliphatic rings. The molecule has 0 saturated heterocycles. The van der Waals surface area contributed by atoms with E-state index in [-0.39, 0.29) is 11.5 Å². The van der Waals surface area contributed by atoms with Gasteiger partial charge in [0.2, 0.25) is 5.54 Å². The molecule has 1 aromatic carbocycles. The normalized spacial score (nSPS) is 11.1. The number of hydrogen-bond acceptors (Lipinski definition) is 4. The lowest BCUT2D eigenvalue weighted by Gasteiger charge is -2.17. The maximum absolute atomic E-state index is 10.7. The number of rotatable bonds is 4. The van der Waals surface area contributed by atoms with Crippen LogP contribution >= 0.6 is 0 Å². The van der Waals surface area contributed by atoms with Gasteiger partial charge in [0.1, 0.15) is 0 Å². The van der Waals surface area contributed by atoms with Crippen molar-refractivity contribution in [2.24, 2.45) is 0 Å². The number of nitrogens with one attached hydrogen (secondary N) is 1. The van der Waals surface area contributed by atoms with Gasteiger partial charge in [0.25, 0.3) is 0 Å². The highest BCUT2D eigenvalue weighted by Crippen LogP contribution is 2.14. The van der Waals surface area contributed by atoms with E-state index in [2.05, 4.69) is 5.32 Å². The lowest BCUT2D eigenvalue weighted by molar-refractivity contribution is -0.556. The summed E-state index contributed by atoms with van der Waals surface area (Å²) in [6.45, 7) is 3.42. The van der Waals surface area contributed by atoms with Crippen molar-refractivity contribution in [1.29, 1.82) is 0 Å². The Balaban J connectivity index is 2.61. The molecule has 0 radical (unpaired) electrons. The fourth-order valence-corrected chi connectivity index (χ4v) is 1.03. The number of anilines is 2. The van der Waals surface area contributed by atoms with Gasteiger partial charge in [-0.25, -0.2) is 0 Å². The molecule has 0 atom stereocenters. The monoisotopic (exact) mass is 209 g/mol. The van der Waals surface area contributed by atoms with Crippen LogP contribution in [-0.2, 0) is 0 Å². The summed E-state index contributed by atoms with van der Waals surface area (Å²) >= 11 is 0. The molecule has 0 fully saturated rings. The molecular formula is C10H15N3O2. The topological polar surface area (TPSA) is 81.2 Å². The summed E-state index contributed by atoms with van der Waals surface area (Å²) in [5.41, 5.74) is 6.04. The quantitative estimate of drug-likeness (QED) is 0.449. The van der Waals surface area contributed by atoms with Crippen molar-refractivity contribution in [2.75, 3.05) is 17.6 Å². The number of nitro groups is 1. The summed E-state index contributed by atoms with van der Waals surface area (Å²) in [5.74, 6) is 0. The van der Waals surface area contributed by atoms with E-state index >= 15 is 0 Å². The SMILES string of the molecule is CC(C)(CNc1cccc(N)c1)[N+](=O)[O-]. The first-order chi connectivity index (χ1) is 6.92. The zero-order valence-corrected chi connectivity index (χ0v) is 8.86. The first-order valence-electron chi connectivity index (χ1n) is 4.66. The highest BCUT2D eigenvalue weighted by atomic mass is 16.6. The second-order valence-corrected chi connectivity index (χ2v) is 4.05. The Kier molecular flexibility index (Phi) is 3.14. The van der Waals surface area contributed by atoms with Crippen LogP contribution in [0.15, 0.2) is 24.3 Å². The predicted octanol–water partition coefficient (Wildman–Crippen LogP) is 1.74. The number of nitrogens with two attached hydrogens (primary N) is 1. The zero-order chi connectivity index (χ0) is 11.5. The van der Waals surface area contributed by atoms with Crippen LogP contribution in [0, 0.1) is 10.1 Å². The Hall–Kier alpha value is -1.78. The van der Waals surface area contributed by atoms with Crippen molar-refractivity contribution >= 4 is 11.4 Å². The number of benzene rings is 1. The molecule has 0 aliphatic heterocycles. The van der Waals surface area contributed by atoms with Crippen LogP contribution in [0.4, 0.5) is 11.4 Å². The number of hydrogen-bond donors (Lipinski definition) is 2. The highest BCUT2D eigenvalue weighted by Gasteiger charge is 2.30. The second-order valence-electron chi connectivity index (χ2n) is 4.05. The molecule has 1 rings (SSSR count). The maximum Gasteiger partial charge on any atom is 0.233 e. The first kappa shape index (κ1) is 11.3. The summed E-state index contributed by atoms with van der Waals surface area (Å²) in [6.07, 6.45) is 0. The Bertz CT molecular complexity index is 363. The van der Waals surface area contributed by atoms with Crippen molar-refractivity contribution in [3.63, 3.8) is 0 Å². The van der Waals surface area contributed by atoms with Gasteiger partial charge in [-0.05, 0) is 18.2 Å². The number of nitrogens with zero attached hydrogens (tertiary/aromatic N) is 1. The fraction of sp³-hybridized carbons (Fsp3) is 0.400. The maximum atomic E-state index is 10.7. The zero-order valence-electron chi connectivity index (χ0n) is 8.86. The average molecular weight is 209 g/mol. The van der Waals surface area contributed by atoms with Crippen molar-refractivity contribution < 1.29 is 4.92 Å². The molecule has 0 unspecified atom stereocenters. The van der Waals surface area contributed by atoms with Crippen LogP contribution in [0.1, 0.15) is 13.8 Å². The molecule has 0 aromatic heterocycles. The molecule has 5 nitrogen and oxygen atoms in total. The first-order valence-corrected chi connectivity index (χ1v) is 4.66. The molecule has 0 spiro atoms. The van der Waals surface area contributed by atoms with Crippen LogP contribution in [0.3, 0.4) is 0 Å². The molecule has 82 valence electrons. The molecule has 5 heteroatoms. The summed E-state index contributed by atoms with van der Waals surface area (Å²) in [4.78, 5) is 10.4. The van der Waals surface area contributed by atoms with E-state index in [9.17, 15) is 10.1 Å². The molecular weight excluding hydrogens is 194 g/mol. The van der Waals surface area contributed by atoms with E-state index < -0.39 is 5.54 Å². The fourth-order valence-electron chi connectivity index (χ4n) is 1.03. The largest absolute Gasteiger partial charge is 0.399 e. The van der Waals surface area contributed by atoms with Crippen LogP contribution in [0.2, 0.25) is 0 Å². The Morgan fingerprint density at radius 3 is 2.73 bits per heavy atom. The van der Waals surface area contributed by atoms with Crippen molar-refractivity contribution in [1.82, 2.24) is 0 Å². The Morgan fingerprint density at radius 1 is 1.53 bits per heavy atom. The molecule has 0 saturated carbocycles. The van der Waals surface area contributed by atoms with Crippen LogP contribution < -0.4 is 11.1 Å². The predicted molar refractivity (Wildman–Crippen MR) is 60.4 cm³/mol. The standard InChI is InChI=1S/C10H15N3O2/c1-10(2,13(14)15)7-12-9-5-3-4-8(11)6-9/h3-6,12H,7,11H2,1-2H3. The summed E-state index contributed by atoms with van der Waals surface area (Å²) in [5, 5.41) is 13.6. The Labute approximate surface area is 88.4 Å². The van der Waals surface area contributed by atoms with E-state index in [0.717, 1.165) is 5.69 Å². The molecule has 1 aromatic rings. The summed E-state index contributed by atoms with van der Waals surface area (Å²) in [6, 6.07) is 7.14. The van der Waals surface area contributed by atoms with Gasteiger partial charge in [0.15, 0.2) is 0 Å². The molecule has 0 amide bonds. The van der Waals surface area contributed by atoms with E-state index in [1.165, 1.54) is 0 Å². The molecule has 0 heterocycles. The van der Waals surface area contributed by atoms with E-state index in [1.54, 1.807) is 32.0 Å². The van der Waals surface area contributed by atoms with Crippen LogP contribution in [-0.4, -0.2) is 17.0 Å². The van der Waals surface area contributed by atoms with Crippen molar-refractivity contribution in [3.05, 3.63) is 34.4 Å². The van der Waals surface area contributed by atoms with Gasteiger partial charge in [-0.15, -0.1) is 0 Å². The van der Waals surface area contributed by atoms with Gasteiger partial charge in [-0.1, -0.05) is 6.07 Å². The minimum Gasteiger partial charge on any atom is -0.399 e. The molecule has 3 N–H and O–H groups in total. The third-order valence-electron chi connectivity index (χ3n) is 2.11. The van der Waals surface area contributed by atoms with E-state index in [1.807, 2.05) is 6.07 Å². The van der Waals surface area contributed by atoms with Gasteiger partial charge >= 0.3 is 0 Å². The van der Waals surface area contributed by atoms with Crippen molar-refractivity contribution in [3.8, 4) is 0 Å². The Morgan fingerprint density at radius 2 is 2.20 bits per heavy atom. The lowest BCUT2D eigenvalue weighted by atomic mass is 10.1. The lowest BCUT2D eigenvalue weighted by Crippen LogP contribution is -2.38. The van der Waals surface area contributed by atoms with Gasteiger partial charge < -0.3 is 11.1 Å². The van der Waals surface area contributed by atoms with Gasteiger partial charge in [-0.2, -0.15) is 0 Å². The molecule has 0 bridgehead atoms. The third-order valence-corrected chi connectivity index (χ3v) is 2.11. The van der Waals surface area contributed by atoms with Crippen LogP contribution in [0.5, 0.6) is 0 Å². The summed E-state index contributed by atoms with van der Waals surface area (Å²) < 4.78 is 0. The minimum absolute atomic E-state index is 0.267. The van der Waals surface area contributed by atoms with Gasteiger partial charge in [-0.3, -0.25) is 10.1 Å². The van der Waals surface area contributed by atoms with E-state index in [4.69, 9.17) is 5.73 Å². The van der Waals surface area contributed by atoms with E-state index in [0.29, 0.717) is 5.69 Å². The van der Waals surface area contributed by atoms with Crippen LogP contribution in [0.25, 0.3) is 0 Å². The summed E-state index contributed by atoms with van der Waals surface area (Å²) in [7, 11) is 0. The average Bonchev–Trinajstić information content (AvgIpc) is 2.15.